The standard InChI is InChI=1S/C14H22N4O3S/c1-16-6-8-18(9-7-16)22(20,21)13-2-3-14(15-10-13)17-5-4-12(19)11-17/h2-3,10,12,19H,4-9,11H2,1H3/t12-/m0/s1. The summed E-state index contributed by atoms with van der Waals surface area (Å²) < 4.78 is 26.7. The van der Waals surface area contributed by atoms with Gasteiger partial charge in [-0.25, -0.2) is 13.4 Å². The molecule has 3 rings (SSSR count). The van der Waals surface area contributed by atoms with Crippen LogP contribution in [0.2, 0.25) is 0 Å². The summed E-state index contributed by atoms with van der Waals surface area (Å²) in [5, 5.41) is 9.56. The van der Waals surface area contributed by atoms with Crippen LogP contribution >= 0.6 is 0 Å². The molecule has 2 fully saturated rings. The van der Waals surface area contributed by atoms with Gasteiger partial charge in [0.05, 0.1) is 6.10 Å². The van der Waals surface area contributed by atoms with Gasteiger partial charge in [0.2, 0.25) is 10.0 Å². The highest BCUT2D eigenvalue weighted by atomic mass is 32.2. The fourth-order valence-electron chi connectivity index (χ4n) is 2.84. The molecule has 3 heterocycles. The molecule has 122 valence electrons. The second-order valence-electron chi connectivity index (χ2n) is 5.95. The molecule has 1 N–H and O–H groups in total. The summed E-state index contributed by atoms with van der Waals surface area (Å²) in [5.41, 5.74) is 0. The van der Waals surface area contributed by atoms with Crippen LogP contribution in [0, 0.1) is 0 Å². The number of piperazine rings is 1. The summed E-state index contributed by atoms with van der Waals surface area (Å²) in [7, 11) is -1.47. The van der Waals surface area contributed by atoms with Crippen LogP contribution in [0.4, 0.5) is 5.82 Å². The Hall–Kier alpha value is -1.22. The van der Waals surface area contributed by atoms with Gasteiger partial charge in [0.15, 0.2) is 0 Å². The highest BCUT2D eigenvalue weighted by Crippen LogP contribution is 2.21. The van der Waals surface area contributed by atoms with E-state index in [0.717, 1.165) is 26.1 Å². The Bertz CT molecular complexity index is 611. The number of aliphatic hydroxyl groups is 1. The normalized spacial score (nSPS) is 24.8. The van der Waals surface area contributed by atoms with Crippen LogP contribution in [0.25, 0.3) is 0 Å². The van der Waals surface area contributed by atoms with E-state index >= 15 is 0 Å². The third-order valence-corrected chi connectivity index (χ3v) is 6.19. The summed E-state index contributed by atoms with van der Waals surface area (Å²) in [5.74, 6) is 0.717. The van der Waals surface area contributed by atoms with Gasteiger partial charge >= 0.3 is 0 Å². The molecular weight excluding hydrogens is 304 g/mol. The first-order valence-corrected chi connectivity index (χ1v) is 8.98. The summed E-state index contributed by atoms with van der Waals surface area (Å²) in [6.07, 6.45) is 1.83. The number of aromatic nitrogens is 1. The largest absolute Gasteiger partial charge is 0.391 e. The van der Waals surface area contributed by atoms with Crippen LogP contribution in [-0.4, -0.2) is 80.1 Å². The van der Waals surface area contributed by atoms with Crippen molar-refractivity contribution in [3.8, 4) is 0 Å². The van der Waals surface area contributed by atoms with E-state index in [0.29, 0.717) is 25.5 Å². The number of anilines is 1. The first-order valence-electron chi connectivity index (χ1n) is 7.54. The van der Waals surface area contributed by atoms with Crippen molar-refractivity contribution in [1.82, 2.24) is 14.2 Å². The van der Waals surface area contributed by atoms with Crippen molar-refractivity contribution < 1.29 is 13.5 Å². The molecule has 0 aromatic carbocycles. The van der Waals surface area contributed by atoms with Gasteiger partial charge in [-0.05, 0) is 25.6 Å². The van der Waals surface area contributed by atoms with Crippen LogP contribution in [0.1, 0.15) is 6.42 Å². The fraction of sp³-hybridized carbons (Fsp3) is 0.643. The zero-order valence-electron chi connectivity index (χ0n) is 12.7. The molecule has 0 unspecified atom stereocenters. The molecular formula is C14H22N4O3S. The molecule has 0 spiro atoms. The molecule has 0 saturated carbocycles. The maximum atomic E-state index is 12.6. The average Bonchev–Trinajstić information content (AvgIpc) is 2.94. The number of likely N-dealkylation sites (N-methyl/N-ethyl adjacent to an activating group) is 1. The number of sulfonamides is 1. The molecule has 7 nitrogen and oxygen atoms in total. The predicted octanol–water partition coefficient (Wildman–Crippen LogP) is -0.411. The number of aliphatic hydroxyl groups excluding tert-OH is 1. The van der Waals surface area contributed by atoms with Crippen LogP contribution in [-0.2, 0) is 10.0 Å². The van der Waals surface area contributed by atoms with E-state index in [1.165, 1.54) is 10.5 Å². The van der Waals surface area contributed by atoms with Crippen LogP contribution < -0.4 is 4.90 Å². The van der Waals surface area contributed by atoms with E-state index in [-0.39, 0.29) is 11.0 Å². The molecule has 2 saturated heterocycles. The van der Waals surface area contributed by atoms with Crippen molar-refractivity contribution in [3.63, 3.8) is 0 Å². The summed E-state index contributed by atoms with van der Waals surface area (Å²) in [6, 6.07) is 3.34. The van der Waals surface area contributed by atoms with Crippen molar-refractivity contribution in [2.45, 2.75) is 17.4 Å². The lowest BCUT2D eigenvalue weighted by atomic mass is 10.3. The Morgan fingerprint density at radius 3 is 2.45 bits per heavy atom. The van der Waals surface area contributed by atoms with Crippen molar-refractivity contribution >= 4 is 15.8 Å². The first-order chi connectivity index (χ1) is 10.5. The maximum Gasteiger partial charge on any atom is 0.244 e. The number of rotatable bonds is 3. The zero-order valence-corrected chi connectivity index (χ0v) is 13.5. The molecule has 8 heteroatoms. The van der Waals surface area contributed by atoms with E-state index in [1.54, 1.807) is 12.1 Å². The van der Waals surface area contributed by atoms with Gasteiger partial charge in [0.1, 0.15) is 10.7 Å². The second kappa shape index (κ2) is 6.11. The Morgan fingerprint density at radius 2 is 1.91 bits per heavy atom. The van der Waals surface area contributed by atoms with E-state index in [1.807, 2.05) is 11.9 Å². The number of nitrogens with zero attached hydrogens (tertiary/aromatic N) is 4. The first kappa shape index (κ1) is 15.7. The molecule has 0 bridgehead atoms. The molecule has 1 aromatic rings. The number of pyridine rings is 1. The van der Waals surface area contributed by atoms with Gasteiger partial charge in [0.25, 0.3) is 0 Å². The maximum absolute atomic E-state index is 12.6. The van der Waals surface area contributed by atoms with Gasteiger partial charge in [-0.2, -0.15) is 4.31 Å². The third kappa shape index (κ3) is 3.10. The average molecular weight is 326 g/mol. The zero-order chi connectivity index (χ0) is 15.7. The topological polar surface area (TPSA) is 77.0 Å². The Labute approximate surface area is 131 Å². The molecule has 0 aliphatic carbocycles. The Morgan fingerprint density at radius 1 is 1.18 bits per heavy atom. The Kier molecular flexibility index (Phi) is 4.35. The van der Waals surface area contributed by atoms with E-state index in [4.69, 9.17) is 0 Å². The minimum atomic E-state index is -3.46. The lowest BCUT2D eigenvalue weighted by Gasteiger charge is -2.31. The van der Waals surface area contributed by atoms with E-state index in [9.17, 15) is 13.5 Å². The lowest BCUT2D eigenvalue weighted by Crippen LogP contribution is -2.47. The quantitative estimate of drug-likeness (QED) is 0.814. The molecule has 0 radical (unpaired) electrons. The fourth-order valence-corrected chi connectivity index (χ4v) is 4.21. The van der Waals surface area contributed by atoms with Crippen molar-refractivity contribution in [3.05, 3.63) is 18.3 Å². The molecule has 1 atom stereocenters. The molecule has 2 aliphatic rings. The van der Waals surface area contributed by atoms with Crippen LogP contribution in [0.15, 0.2) is 23.2 Å². The summed E-state index contributed by atoms with van der Waals surface area (Å²) in [4.78, 5) is 8.59. The predicted molar refractivity (Wildman–Crippen MR) is 83.3 cm³/mol. The highest BCUT2D eigenvalue weighted by molar-refractivity contribution is 7.89. The van der Waals surface area contributed by atoms with Crippen LogP contribution in [0.5, 0.6) is 0 Å². The highest BCUT2D eigenvalue weighted by Gasteiger charge is 2.28. The Balaban J connectivity index is 1.74. The summed E-state index contributed by atoms with van der Waals surface area (Å²) >= 11 is 0. The number of hydrogen-bond acceptors (Lipinski definition) is 6. The van der Waals surface area contributed by atoms with Gasteiger partial charge < -0.3 is 14.9 Å². The molecule has 22 heavy (non-hydrogen) atoms. The number of β-amino-alcohol motifs (C(OH)–C–C–N with tert-alkyl or cyclic N) is 1. The SMILES string of the molecule is CN1CCN(S(=O)(=O)c2ccc(N3CC[C@H](O)C3)nc2)CC1. The monoisotopic (exact) mass is 326 g/mol. The smallest absolute Gasteiger partial charge is 0.244 e. The minimum absolute atomic E-state index is 0.237. The van der Waals surface area contributed by atoms with Gasteiger partial charge in [-0.3, -0.25) is 0 Å². The van der Waals surface area contributed by atoms with Crippen molar-refractivity contribution in [1.29, 1.82) is 0 Å². The molecule has 1 aromatic heterocycles. The van der Waals surface area contributed by atoms with Gasteiger partial charge in [-0.1, -0.05) is 0 Å². The minimum Gasteiger partial charge on any atom is -0.391 e. The lowest BCUT2D eigenvalue weighted by molar-refractivity contribution is 0.198. The van der Waals surface area contributed by atoms with Gasteiger partial charge in [0, 0.05) is 45.5 Å². The van der Waals surface area contributed by atoms with Crippen molar-refractivity contribution in [2.24, 2.45) is 0 Å². The third-order valence-electron chi connectivity index (χ3n) is 4.31. The molecule has 0 amide bonds. The van der Waals surface area contributed by atoms with Crippen molar-refractivity contribution in [2.75, 3.05) is 51.2 Å². The number of hydrogen-bond donors (Lipinski definition) is 1. The summed E-state index contributed by atoms with van der Waals surface area (Å²) in [6.45, 7) is 3.82. The van der Waals surface area contributed by atoms with Gasteiger partial charge in [-0.15, -0.1) is 0 Å². The van der Waals surface area contributed by atoms with E-state index in [2.05, 4.69) is 9.88 Å². The second-order valence-corrected chi connectivity index (χ2v) is 7.89. The van der Waals surface area contributed by atoms with E-state index < -0.39 is 10.0 Å². The molecule has 2 aliphatic heterocycles. The van der Waals surface area contributed by atoms with Crippen LogP contribution in [0.3, 0.4) is 0 Å².